The van der Waals surface area contributed by atoms with Crippen molar-refractivity contribution in [1.82, 2.24) is 35.3 Å². The Morgan fingerprint density at radius 1 is 1.24 bits per heavy atom. The van der Waals surface area contributed by atoms with Crippen LogP contribution in [0.5, 0.6) is 0 Å². The van der Waals surface area contributed by atoms with Gasteiger partial charge in [-0.05, 0) is 43.4 Å². The van der Waals surface area contributed by atoms with Gasteiger partial charge in [-0.3, -0.25) is 4.79 Å². The lowest BCUT2D eigenvalue weighted by Crippen LogP contribution is -2.39. The van der Waals surface area contributed by atoms with Gasteiger partial charge in [-0.1, -0.05) is 11.3 Å². The van der Waals surface area contributed by atoms with Crippen molar-refractivity contribution < 1.29 is 13.6 Å². The summed E-state index contributed by atoms with van der Waals surface area (Å²) in [6.07, 6.45) is 4.80. The monoisotopic (exact) mass is 454 g/mol. The summed E-state index contributed by atoms with van der Waals surface area (Å²) in [5.74, 6) is 0.560. The summed E-state index contributed by atoms with van der Waals surface area (Å²) in [5.41, 5.74) is 3.52. The number of carbonyl (C=O) groups excluding carboxylic acids is 1. The van der Waals surface area contributed by atoms with Crippen molar-refractivity contribution in [3.63, 3.8) is 0 Å². The highest BCUT2D eigenvalue weighted by atomic mass is 19.3. The Hall–Kier alpha value is -3.63. The molecule has 172 valence electrons. The zero-order valence-electron chi connectivity index (χ0n) is 18.1. The molecule has 1 saturated carbocycles. The van der Waals surface area contributed by atoms with Crippen LogP contribution in [0.3, 0.4) is 0 Å². The number of fused-ring (bicyclic) bond motifs is 2. The van der Waals surface area contributed by atoms with E-state index in [1.807, 2.05) is 12.3 Å². The quantitative estimate of drug-likeness (QED) is 0.411. The summed E-state index contributed by atoms with van der Waals surface area (Å²) in [7, 11) is 0. The van der Waals surface area contributed by atoms with Crippen LogP contribution in [0.4, 0.5) is 14.7 Å². The number of amides is 1. The molecule has 3 heterocycles. The minimum absolute atomic E-state index is 0.0108. The highest BCUT2D eigenvalue weighted by Crippen LogP contribution is 2.30. The van der Waals surface area contributed by atoms with Gasteiger partial charge in [-0.2, -0.15) is 4.98 Å². The van der Waals surface area contributed by atoms with E-state index in [4.69, 9.17) is 0 Å². The maximum Gasteiger partial charge on any atom is 0.258 e. The van der Waals surface area contributed by atoms with Crippen molar-refractivity contribution in [2.24, 2.45) is 0 Å². The highest BCUT2D eigenvalue weighted by molar-refractivity contribution is 5.95. The fraction of sp³-hybridized carbons (Fsp3) is 0.409. The first kappa shape index (κ1) is 21.2. The number of carbonyl (C=O) groups is 1. The molecular formula is C22H24F2N8O. The van der Waals surface area contributed by atoms with Crippen molar-refractivity contribution in [2.45, 2.75) is 57.7 Å². The molecule has 3 N–H and O–H groups in total. The fourth-order valence-corrected chi connectivity index (χ4v) is 4.47. The van der Waals surface area contributed by atoms with Gasteiger partial charge in [-0.25, -0.2) is 18.4 Å². The molecule has 0 atom stereocenters. The molecule has 5 rings (SSSR count). The molecule has 0 saturated heterocycles. The topological polar surface area (TPSA) is 113 Å². The van der Waals surface area contributed by atoms with Crippen molar-refractivity contribution in [2.75, 3.05) is 5.32 Å². The minimum atomic E-state index is -2.51. The van der Waals surface area contributed by atoms with Gasteiger partial charge in [0.15, 0.2) is 0 Å². The molecule has 11 heteroatoms. The van der Waals surface area contributed by atoms with Crippen LogP contribution in [0.2, 0.25) is 0 Å². The van der Waals surface area contributed by atoms with E-state index in [2.05, 4.69) is 35.9 Å². The summed E-state index contributed by atoms with van der Waals surface area (Å²) < 4.78 is 26.9. The Balaban J connectivity index is 1.34. The van der Waals surface area contributed by atoms with Crippen LogP contribution in [0.1, 0.15) is 32.6 Å². The van der Waals surface area contributed by atoms with Crippen LogP contribution in [-0.4, -0.2) is 54.4 Å². The van der Waals surface area contributed by atoms with Crippen LogP contribution in [-0.2, 0) is 11.3 Å². The van der Waals surface area contributed by atoms with Gasteiger partial charge in [0.1, 0.15) is 17.7 Å². The largest absolute Gasteiger partial charge is 0.354 e. The van der Waals surface area contributed by atoms with Crippen LogP contribution >= 0.6 is 0 Å². The lowest BCUT2D eigenvalue weighted by atomic mass is 9.91. The van der Waals surface area contributed by atoms with E-state index >= 15 is 0 Å². The standard InChI is InChI=1S/C22H24F2N8O/c1-12(33)27-14-3-5-15(6-4-14)28-22-26-10-17-16(9-25-21(17)29-22)13-2-7-18-19(8-13)32(31-30-18)11-20(23)24/h2,7-10,14-15,20H,3-6,11H2,1H3,(H,27,33)(H2,25,26,28,29)/t14-,15+. The second kappa shape index (κ2) is 8.72. The number of rotatable bonds is 6. The van der Waals surface area contributed by atoms with Crippen molar-refractivity contribution in [3.05, 3.63) is 30.6 Å². The number of nitrogens with one attached hydrogen (secondary N) is 3. The number of anilines is 1. The van der Waals surface area contributed by atoms with Crippen LogP contribution in [0.15, 0.2) is 30.6 Å². The first-order valence-electron chi connectivity index (χ1n) is 11.0. The van der Waals surface area contributed by atoms with Gasteiger partial charge in [0.05, 0.1) is 5.52 Å². The number of hydrogen-bond donors (Lipinski definition) is 3. The molecule has 1 aliphatic rings. The lowest BCUT2D eigenvalue weighted by Gasteiger charge is -2.29. The van der Waals surface area contributed by atoms with Crippen molar-refractivity contribution >= 4 is 33.9 Å². The van der Waals surface area contributed by atoms with E-state index in [1.54, 1.807) is 25.3 Å². The smallest absolute Gasteiger partial charge is 0.258 e. The van der Waals surface area contributed by atoms with E-state index in [9.17, 15) is 13.6 Å². The van der Waals surface area contributed by atoms with Crippen molar-refractivity contribution in [3.8, 4) is 11.1 Å². The predicted octanol–water partition coefficient (Wildman–Crippen LogP) is 3.49. The van der Waals surface area contributed by atoms with E-state index in [-0.39, 0.29) is 18.0 Å². The molecule has 0 radical (unpaired) electrons. The number of halogens is 2. The zero-order chi connectivity index (χ0) is 22.9. The highest BCUT2D eigenvalue weighted by Gasteiger charge is 2.22. The lowest BCUT2D eigenvalue weighted by molar-refractivity contribution is -0.119. The molecule has 1 fully saturated rings. The molecular weight excluding hydrogens is 430 g/mol. The third kappa shape index (κ3) is 4.48. The number of hydrogen-bond acceptors (Lipinski definition) is 6. The molecule has 4 aromatic rings. The molecule has 0 aliphatic heterocycles. The molecule has 9 nitrogen and oxygen atoms in total. The first-order chi connectivity index (χ1) is 16.0. The maximum atomic E-state index is 12.9. The Morgan fingerprint density at radius 3 is 2.79 bits per heavy atom. The summed E-state index contributed by atoms with van der Waals surface area (Å²) in [5, 5.41) is 15.0. The molecule has 1 amide bonds. The summed E-state index contributed by atoms with van der Waals surface area (Å²) in [6.45, 7) is 1.05. The van der Waals surface area contributed by atoms with Crippen molar-refractivity contribution in [1.29, 1.82) is 0 Å². The van der Waals surface area contributed by atoms with E-state index in [0.29, 0.717) is 22.6 Å². The van der Waals surface area contributed by atoms with Gasteiger partial charge < -0.3 is 15.6 Å². The van der Waals surface area contributed by atoms with Crippen LogP contribution in [0.25, 0.3) is 33.2 Å². The number of H-pyrrole nitrogens is 1. The van der Waals surface area contributed by atoms with Gasteiger partial charge in [0.25, 0.3) is 6.43 Å². The fourth-order valence-electron chi connectivity index (χ4n) is 4.47. The molecule has 3 aromatic heterocycles. The number of aromatic amines is 1. The Morgan fingerprint density at radius 2 is 2.03 bits per heavy atom. The number of aromatic nitrogens is 6. The summed E-state index contributed by atoms with van der Waals surface area (Å²) in [6, 6.07) is 5.95. The van der Waals surface area contributed by atoms with Gasteiger partial charge in [0.2, 0.25) is 11.9 Å². The normalized spacial score (nSPS) is 18.8. The Labute approximate surface area is 188 Å². The molecule has 1 aliphatic carbocycles. The summed E-state index contributed by atoms with van der Waals surface area (Å²) in [4.78, 5) is 23.5. The number of alkyl halides is 2. The van der Waals surface area contributed by atoms with E-state index in [1.165, 1.54) is 4.68 Å². The van der Waals surface area contributed by atoms with Gasteiger partial charge >= 0.3 is 0 Å². The molecule has 0 bridgehead atoms. The predicted molar refractivity (Wildman–Crippen MR) is 120 cm³/mol. The minimum Gasteiger partial charge on any atom is -0.354 e. The molecule has 1 aromatic carbocycles. The second-order valence-corrected chi connectivity index (χ2v) is 8.42. The second-order valence-electron chi connectivity index (χ2n) is 8.42. The summed E-state index contributed by atoms with van der Waals surface area (Å²) >= 11 is 0. The Bertz CT molecular complexity index is 1290. The third-order valence-corrected chi connectivity index (χ3v) is 6.04. The van der Waals surface area contributed by atoms with Gasteiger partial charge in [-0.15, -0.1) is 5.10 Å². The first-order valence-corrected chi connectivity index (χ1v) is 11.0. The zero-order valence-corrected chi connectivity index (χ0v) is 18.1. The van der Waals surface area contributed by atoms with E-state index in [0.717, 1.165) is 42.2 Å². The van der Waals surface area contributed by atoms with Crippen LogP contribution in [0, 0.1) is 0 Å². The van der Waals surface area contributed by atoms with Crippen LogP contribution < -0.4 is 10.6 Å². The maximum absolute atomic E-state index is 12.9. The average Bonchev–Trinajstić information content (AvgIpc) is 3.38. The third-order valence-electron chi connectivity index (χ3n) is 6.04. The van der Waals surface area contributed by atoms with E-state index < -0.39 is 13.0 Å². The molecule has 0 spiro atoms. The SMILES string of the molecule is CC(=O)N[C@H]1CC[C@@H](Nc2ncc3c(-c4ccc5nnn(CC(F)F)c5c4)c[nH]c3n2)CC1. The molecule has 33 heavy (non-hydrogen) atoms. The average molecular weight is 454 g/mol. The number of nitrogens with zero attached hydrogens (tertiary/aromatic N) is 5. The van der Waals surface area contributed by atoms with Gasteiger partial charge in [0, 0.05) is 42.4 Å². The Kier molecular flexibility index (Phi) is 5.61. The number of benzene rings is 1. The molecule has 0 unspecified atom stereocenters.